The average Bonchev–Trinajstić information content (AvgIpc) is 2.64. The highest BCUT2D eigenvalue weighted by molar-refractivity contribution is 9.13. The summed E-state index contributed by atoms with van der Waals surface area (Å²) >= 11 is 7.33. The fourth-order valence-electron chi connectivity index (χ4n) is 3.00. The zero-order chi connectivity index (χ0) is 18.8. The third-order valence-electron chi connectivity index (χ3n) is 4.48. The molecule has 0 amide bonds. The van der Waals surface area contributed by atoms with Crippen molar-refractivity contribution in [1.29, 1.82) is 0 Å². The summed E-state index contributed by atoms with van der Waals surface area (Å²) < 4.78 is 14.3. The summed E-state index contributed by atoms with van der Waals surface area (Å²) in [4.78, 5) is 0. The van der Waals surface area contributed by atoms with Gasteiger partial charge in [0, 0.05) is 4.47 Å². The quantitative estimate of drug-likeness (QED) is 0.281. The molecule has 2 aromatic carbocycles. The lowest BCUT2D eigenvalue weighted by molar-refractivity contribution is 0.297. The predicted octanol–water partition coefficient (Wildman–Crippen LogP) is 8.28. The molecule has 0 unspecified atom stereocenters. The molecule has 0 aromatic heterocycles. The van der Waals surface area contributed by atoms with E-state index in [1.807, 2.05) is 6.07 Å². The largest absolute Gasteiger partial charge is 0.493 e. The third kappa shape index (κ3) is 6.16. The minimum atomic E-state index is 0.731. The number of halogens is 2. The van der Waals surface area contributed by atoms with Crippen molar-refractivity contribution < 1.29 is 9.47 Å². The molecule has 0 bridgehead atoms. The smallest absolute Gasteiger partial charge is 0.146 e. The van der Waals surface area contributed by atoms with Gasteiger partial charge in [0.05, 0.1) is 23.1 Å². The fourth-order valence-corrected chi connectivity index (χ4v) is 3.85. The first-order valence-electron chi connectivity index (χ1n) is 9.85. The fraction of sp³-hybridized carbons (Fsp3) is 0.545. The first-order chi connectivity index (χ1) is 12.7. The topological polar surface area (TPSA) is 18.5 Å². The Kier molecular flexibility index (Phi) is 9.84. The van der Waals surface area contributed by atoms with Gasteiger partial charge in [0.15, 0.2) is 0 Å². The highest BCUT2D eigenvalue weighted by atomic mass is 79.9. The zero-order valence-electron chi connectivity index (χ0n) is 16.0. The van der Waals surface area contributed by atoms with Crippen molar-refractivity contribution in [3.05, 3.63) is 33.2 Å². The molecule has 2 aromatic rings. The molecule has 0 aliphatic heterocycles. The van der Waals surface area contributed by atoms with Crippen LogP contribution in [-0.2, 0) is 0 Å². The van der Waals surface area contributed by atoms with Gasteiger partial charge in [-0.05, 0) is 62.2 Å². The van der Waals surface area contributed by atoms with E-state index < -0.39 is 0 Å². The van der Waals surface area contributed by atoms with E-state index in [-0.39, 0.29) is 0 Å². The van der Waals surface area contributed by atoms with Gasteiger partial charge in [-0.25, -0.2) is 0 Å². The number of fused-ring (bicyclic) bond motifs is 1. The highest BCUT2D eigenvalue weighted by Gasteiger charge is 2.15. The maximum atomic E-state index is 6.21. The molecular weight excluding hydrogens is 456 g/mol. The van der Waals surface area contributed by atoms with E-state index >= 15 is 0 Å². The standard InChI is InChI=1S/C22H30Br2O2/c1-3-5-7-9-14-25-19-13-11-12-17-16-18(23)21(24)22(20(17)19)26-15-10-8-6-4-2/h11-13,16H,3-10,14-15H2,1-2H3. The summed E-state index contributed by atoms with van der Waals surface area (Å²) in [6, 6.07) is 8.33. The summed E-state index contributed by atoms with van der Waals surface area (Å²) in [5.74, 6) is 1.80. The molecule has 0 aliphatic rings. The molecule has 4 heteroatoms. The number of rotatable bonds is 12. The summed E-state index contributed by atoms with van der Waals surface area (Å²) in [5, 5.41) is 2.20. The van der Waals surface area contributed by atoms with Crippen LogP contribution in [0.2, 0.25) is 0 Å². The Bertz CT molecular complexity index is 685. The second kappa shape index (κ2) is 11.9. The van der Waals surface area contributed by atoms with Crippen LogP contribution in [0.3, 0.4) is 0 Å². The number of hydrogen-bond acceptors (Lipinski definition) is 2. The molecule has 26 heavy (non-hydrogen) atoms. The van der Waals surface area contributed by atoms with Crippen molar-refractivity contribution in [2.45, 2.75) is 65.2 Å². The Morgan fingerprint density at radius 1 is 0.808 bits per heavy atom. The molecular formula is C22H30Br2O2. The first-order valence-corrected chi connectivity index (χ1v) is 11.4. The van der Waals surface area contributed by atoms with E-state index in [9.17, 15) is 0 Å². The van der Waals surface area contributed by atoms with E-state index in [1.165, 1.54) is 38.5 Å². The van der Waals surface area contributed by atoms with E-state index in [4.69, 9.17) is 9.47 Å². The van der Waals surface area contributed by atoms with Crippen LogP contribution >= 0.6 is 31.9 Å². The van der Waals surface area contributed by atoms with Crippen LogP contribution in [0.5, 0.6) is 11.5 Å². The second-order valence-electron chi connectivity index (χ2n) is 6.67. The number of benzene rings is 2. The molecule has 0 aliphatic carbocycles. The zero-order valence-corrected chi connectivity index (χ0v) is 19.1. The van der Waals surface area contributed by atoms with Crippen LogP contribution in [-0.4, -0.2) is 13.2 Å². The van der Waals surface area contributed by atoms with E-state index in [1.54, 1.807) is 0 Å². The van der Waals surface area contributed by atoms with Gasteiger partial charge in [-0.3, -0.25) is 0 Å². The number of unbranched alkanes of at least 4 members (excludes halogenated alkanes) is 6. The predicted molar refractivity (Wildman–Crippen MR) is 119 cm³/mol. The van der Waals surface area contributed by atoms with E-state index in [0.29, 0.717) is 0 Å². The van der Waals surface area contributed by atoms with E-state index in [0.717, 1.165) is 57.3 Å². The normalized spacial score (nSPS) is 11.1. The molecule has 2 rings (SSSR count). The lowest BCUT2D eigenvalue weighted by Crippen LogP contribution is -2.02. The maximum Gasteiger partial charge on any atom is 0.146 e. The van der Waals surface area contributed by atoms with Crippen LogP contribution in [0.15, 0.2) is 33.2 Å². The van der Waals surface area contributed by atoms with Crippen LogP contribution in [0.4, 0.5) is 0 Å². The minimum Gasteiger partial charge on any atom is -0.493 e. The maximum absolute atomic E-state index is 6.21. The van der Waals surface area contributed by atoms with Crippen molar-refractivity contribution in [2.24, 2.45) is 0 Å². The molecule has 0 radical (unpaired) electrons. The monoisotopic (exact) mass is 484 g/mol. The molecule has 0 atom stereocenters. The Balaban J connectivity index is 2.19. The average molecular weight is 486 g/mol. The second-order valence-corrected chi connectivity index (χ2v) is 8.32. The van der Waals surface area contributed by atoms with E-state index in [2.05, 4.69) is 63.9 Å². The first kappa shape index (κ1) is 21.6. The Hall–Kier alpha value is -0.740. The van der Waals surface area contributed by atoms with Crippen molar-refractivity contribution >= 4 is 42.6 Å². The van der Waals surface area contributed by atoms with Crippen molar-refractivity contribution in [3.63, 3.8) is 0 Å². The van der Waals surface area contributed by atoms with Gasteiger partial charge in [0.1, 0.15) is 11.5 Å². The molecule has 0 N–H and O–H groups in total. The van der Waals surface area contributed by atoms with Gasteiger partial charge in [0.25, 0.3) is 0 Å². The van der Waals surface area contributed by atoms with Gasteiger partial charge in [0.2, 0.25) is 0 Å². The highest BCUT2D eigenvalue weighted by Crippen LogP contribution is 2.43. The van der Waals surface area contributed by atoms with Crippen molar-refractivity contribution in [1.82, 2.24) is 0 Å². The number of hydrogen-bond donors (Lipinski definition) is 0. The van der Waals surface area contributed by atoms with Gasteiger partial charge >= 0.3 is 0 Å². The Labute approximate surface area is 174 Å². The molecule has 144 valence electrons. The van der Waals surface area contributed by atoms with Gasteiger partial charge in [-0.1, -0.05) is 64.5 Å². The molecule has 0 heterocycles. The Morgan fingerprint density at radius 3 is 2.12 bits per heavy atom. The van der Waals surface area contributed by atoms with Crippen LogP contribution in [0, 0.1) is 0 Å². The molecule has 0 spiro atoms. The lowest BCUT2D eigenvalue weighted by Gasteiger charge is -2.16. The molecule has 0 fully saturated rings. The summed E-state index contributed by atoms with van der Waals surface area (Å²) in [6.45, 7) is 5.94. The molecule has 2 nitrogen and oxygen atoms in total. The van der Waals surface area contributed by atoms with Crippen molar-refractivity contribution in [2.75, 3.05) is 13.2 Å². The van der Waals surface area contributed by atoms with Crippen LogP contribution in [0.25, 0.3) is 10.8 Å². The number of ether oxygens (including phenoxy) is 2. The SMILES string of the molecule is CCCCCCOc1cccc2cc(Br)c(Br)c(OCCCCCC)c12. The summed E-state index contributed by atoms with van der Waals surface area (Å²) in [7, 11) is 0. The summed E-state index contributed by atoms with van der Waals surface area (Å²) in [5.41, 5.74) is 0. The van der Waals surface area contributed by atoms with Gasteiger partial charge in [-0.15, -0.1) is 0 Å². The van der Waals surface area contributed by atoms with Crippen molar-refractivity contribution in [3.8, 4) is 11.5 Å². The van der Waals surface area contributed by atoms with Gasteiger partial charge < -0.3 is 9.47 Å². The lowest BCUT2D eigenvalue weighted by atomic mass is 10.1. The minimum absolute atomic E-state index is 0.731. The summed E-state index contributed by atoms with van der Waals surface area (Å²) in [6.07, 6.45) is 9.60. The third-order valence-corrected chi connectivity index (χ3v) is 6.42. The molecule has 0 saturated carbocycles. The van der Waals surface area contributed by atoms with Crippen LogP contribution < -0.4 is 9.47 Å². The molecule has 0 saturated heterocycles. The van der Waals surface area contributed by atoms with Gasteiger partial charge in [-0.2, -0.15) is 0 Å². The van der Waals surface area contributed by atoms with Crippen LogP contribution in [0.1, 0.15) is 65.2 Å². The Morgan fingerprint density at radius 2 is 1.46 bits per heavy atom.